The lowest BCUT2D eigenvalue weighted by molar-refractivity contribution is -0.145. The fourth-order valence-corrected chi connectivity index (χ4v) is 4.92. The summed E-state index contributed by atoms with van der Waals surface area (Å²) >= 11 is 0. The predicted octanol–water partition coefficient (Wildman–Crippen LogP) is 8.20. The molecule has 38 heavy (non-hydrogen) atoms. The lowest BCUT2D eigenvalue weighted by Gasteiger charge is -2.37. The summed E-state index contributed by atoms with van der Waals surface area (Å²) in [7, 11) is 0. The molecule has 0 radical (unpaired) electrons. The van der Waals surface area contributed by atoms with E-state index >= 15 is 0 Å². The summed E-state index contributed by atoms with van der Waals surface area (Å²) in [5, 5.41) is 0. The molecule has 0 aliphatic rings. The third-order valence-electron chi connectivity index (χ3n) is 6.78. The molecule has 0 heterocycles. The van der Waals surface area contributed by atoms with Gasteiger partial charge >= 0.3 is 5.97 Å². The van der Waals surface area contributed by atoms with Gasteiger partial charge in [0.2, 0.25) is 0 Å². The normalized spacial score (nSPS) is 12.8. The molecule has 0 unspecified atom stereocenters. The minimum atomic E-state index is -0.623. The van der Waals surface area contributed by atoms with Gasteiger partial charge in [-0.05, 0) is 61.2 Å². The highest BCUT2D eigenvalue weighted by atomic mass is 19.1. The van der Waals surface area contributed by atoms with E-state index in [1.807, 2.05) is 61.5 Å². The summed E-state index contributed by atoms with van der Waals surface area (Å²) in [5.41, 5.74) is 4.98. The standard InChI is InChI=1S/C33H33F2NO2/c1-4-38-33(37)21-32(28-18-23(2)17-27(19-28)30-16-15-29(34)20-31(30)35)36(22-25-11-7-5-8-12-25)24(3)26-13-9-6-10-14-26/h5-20,24,32H,4,21-22H2,1-3H3/t24-,32+/m1/s1. The predicted molar refractivity (Wildman–Crippen MR) is 147 cm³/mol. The van der Waals surface area contributed by atoms with E-state index in [-0.39, 0.29) is 24.5 Å². The molecule has 4 rings (SSSR count). The lowest BCUT2D eigenvalue weighted by Crippen LogP contribution is -2.33. The molecule has 5 heteroatoms. The third-order valence-corrected chi connectivity index (χ3v) is 6.78. The van der Waals surface area contributed by atoms with Gasteiger partial charge in [0, 0.05) is 30.3 Å². The van der Waals surface area contributed by atoms with Crippen LogP contribution in [0.25, 0.3) is 11.1 Å². The third kappa shape index (κ3) is 6.73. The zero-order chi connectivity index (χ0) is 27.1. The van der Waals surface area contributed by atoms with Crippen LogP contribution in [0.4, 0.5) is 8.78 Å². The van der Waals surface area contributed by atoms with Crippen LogP contribution in [0.2, 0.25) is 0 Å². The molecule has 0 N–H and O–H groups in total. The van der Waals surface area contributed by atoms with Gasteiger partial charge in [0.1, 0.15) is 11.6 Å². The van der Waals surface area contributed by atoms with Crippen molar-refractivity contribution in [2.75, 3.05) is 6.61 Å². The highest BCUT2D eigenvalue weighted by Crippen LogP contribution is 2.37. The molecule has 0 amide bonds. The van der Waals surface area contributed by atoms with Gasteiger partial charge in [-0.2, -0.15) is 0 Å². The Morgan fingerprint density at radius 2 is 1.55 bits per heavy atom. The van der Waals surface area contributed by atoms with Gasteiger partial charge in [-0.25, -0.2) is 8.78 Å². The Morgan fingerprint density at radius 1 is 0.868 bits per heavy atom. The number of halogens is 2. The van der Waals surface area contributed by atoms with Crippen LogP contribution in [0, 0.1) is 18.6 Å². The smallest absolute Gasteiger partial charge is 0.307 e. The number of hydrogen-bond donors (Lipinski definition) is 0. The van der Waals surface area contributed by atoms with Crippen LogP contribution in [-0.2, 0) is 16.1 Å². The largest absolute Gasteiger partial charge is 0.466 e. The SMILES string of the molecule is CCOC(=O)C[C@@H](c1cc(C)cc(-c2ccc(F)cc2F)c1)N(Cc1ccccc1)[C@H](C)c1ccccc1. The molecule has 0 aliphatic carbocycles. The van der Waals surface area contributed by atoms with Crippen LogP contribution in [-0.4, -0.2) is 17.5 Å². The fourth-order valence-electron chi connectivity index (χ4n) is 4.92. The molecule has 0 fully saturated rings. The van der Waals surface area contributed by atoms with E-state index in [9.17, 15) is 13.6 Å². The van der Waals surface area contributed by atoms with Crippen LogP contribution >= 0.6 is 0 Å². The van der Waals surface area contributed by atoms with E-state index in [0.29, 0.717) is 24.3 Å². The Balaban J connectivity index is 1.84. The molecule has 3 nitrogen and oxygen atoms in total. The number of nitrogens with zero attached hydrogens (tertiary/aromatic N) is 1. The summed E-state index contributed by atoms with van der Waals surface area (Å²) in [4.78, 5) is 15.2. The Kier molecular flexibility index (Phi) is 9.03. The molecular formula is C33H33F2NO2. The van der Waals surface area contributed by atoms with Crippen molar-refractivity contribution in [2.45, 2.75) is 45.8 Å². The van der Waals surface area contributed by atoms with Gasteiger partial charge in [0.25, 0.3) is 0 Å². The molecule has 0 saturated carbocycles. The molecule has 4 aromatic carbocycles. The van der Waals surface area contributed by atoms with Crippen molar-refractivity contribution in [2.24, 2.45) is 0 Å². The second-order valence-corrected chi connectivity index (χ2v) is 9.53. The number of ether oxygens (including phenoxy) is 1. The van der Waals surface area contributed by atoms with Gasteiger partial charge in [0.15, 0.2) is 0 Å². The number of hydrogen-bond acceptors (Lipinski definition) is 3. The van der Waals surface area contributed by atoms with Gasteiger partial charge in [-0.3, -0.25) is 9.69 Å². The Hall–Kier alpha value is -3.83. The number of rotatable bonds is 10. The van der Waals surface area contributed by atoms with Gasteiger partial charge in [-0.1, -0.05) is 78.4 Å². The maximum absolute atomic E-state index is 14.8. The maximum atomic E-state index is 14.8. The minimum Gasteiger partial charge on any atom is -0.466 e. The van der Waals surface area contributed by atoms with Crippen molar-refractivity contribution < 1.29 is 18.3 Å². The van der Waals surface area contributed by atoms with Crippen molar-refractivity contribution in [3.8, 4) is 11.1 Å². The van der Waals surface area contributed by atoms with E-state index in [4.69, 9.17) is 4.74 Å². The van der Waals surface area contributed by atoms with Crippen LogP contribution in [0.3, 0.4) is 0 Å². The van der Waals surface area contributed by atoms with Crippen LogP contribution in [0.1, 0.15) is 54.6 Å². The van der Waals surface area contributed by atoms with Crippen LogP contribution in [0.5, 0.6) is 0 Å². The number of benzene rings is 4. The van der Waals surface area contributed by atoms with Gasteiger partial charge in [-0.15, -0.1) is 0 Å². The lowest BCUT2D eigenvalue weighted by atomic mass is 9.92. The Bertz CT molecular complexity index is 1360. The minimum absolute atomic E-state index is 0.0395. The Morgan fingerprint density at radius 3 is 2.21 bits per heavy atom. The number of carbonyl (C=O) groups excluding carboxylic acids is 1. The van der Waals surface area contributed by atoms with E-state index in [1.165, 1.54) is 12.1 Å². The zero-order valence-electron chi connectivity index (χ0n) is 22.0. The Labute approximate surface area is 223 Å². The average molecular weight is 514 g/mol. The second kappa shape index (κ2) is 12.6. The molecule has 0 spiro atoms. The van der Waals surface area contributed by atoms with Gasteiger partial charge < -0.3 is 4.74 Å². The summed E-state index contributed by atoms with van der Waals surface area (Å²) < 4.78 is 33.8. The molecule has 0 saturated heterocycles. The molecule has 0 aliphatic heterocycles. The van der Waals surface area contributed by atoms with E-state index in [0.717, 1.165) is 28.3 Å². The average Bonchev–Trinajstić information content (AvgIpc) is 2.91. The summed E-state index contributed by atoms with van der Waals surface area (Å²) in [6, 6.07) is 29.3. The highest BCUT2D eigenvalue weighted by Gasteiger charge is 2.29. The van der Waals surface area contributed by atoms with E-state index in [1.54, 1.807) is 6.92 Å². The highest BCUT2D eigenvalue weighted by molar-refractivity contribution is 5.71. The number of carbonyl (C=O) groups is 1. The van der Waals surface area contributed by atoms with Crippen molar-refractivity contribution in [3.05, 3.63) is 131 Å². The number of esters is 1. The topological polar surface area (TPSA) is 29.5 Å². The molecule has 2 atom stereocenters. The first-order valence-corrected chi connectivity index (χ1v) is 12.9. The first-order chi connectivity index (χ1) is 18.4. The molecular weight excluding hydrogens is 480 g/mol. The van der Waals surface area contributed by atoms with Gasteiger partial charge in [0.05, 0.1) is 13.0 Å². The zero-order valence-corrected chi connectivity index (χ0v) is 22.0. The van der Waals surface area contributed by atoms with Crippen LogP contribution < -0.4 is 0 Å². The number of aryl methyl sites for hydroxylation is 1. The van der Waals surface area contributed by atoms with E-state index in [2.05, 4.69) is 36.1 Å². The van der Waals surface area contributed by atoms with Crippen molar-refractivity contribution in [3.63, 3.8) is 0 Å². The summed E-state index contributed by atoms with van der Waals surface area (Å²) in [6.45, 7) is 6.75. The molecule has 196 valence electrons. The van der Waals surface area contributed by atoms with Crippen molar-refractivity contribution in [1.29, 1.82) is 0 Å². The quantitative estimate of drug-likeness (QED) is 0.200. The van der Waals surface area contributed by atoms with Crippen molar-refractivity contribution >= 4 is 5.97 Å². The molecule has 0 bridgehead atoms. The molecule has 0 aromatic heterocycles. The van der Waals surface area contributed by atoms with Crippen molar-refractivity contribution in [1.82, 2.24) is 4.90 Å². The molecule has 4 aromatic rings. The first-order valence-electron chi connectivity index (χ1n) is 12.9. The fraction of sp³-hybridized carbons (Fsp3) is 0.242. The van der Waals surface area contributed by atoms with Crippen LogP contribution in [0.15, 0.2) is 97.1 Å². The first kappa shape index (κ1) is 27.2. The van der Waals surface area contributed by atoms with E-state index < -0.39 is 11.6 Å². The maximum Gasteiger partial charge on any atom is 0.307 e. The summed E-state index contributed by atoms with van der Waals surface area (Å²) in [6.07, 6.45) is 0.132. The second-order valence-electron chi connectivity index (χ2n) is 9.53. The summed E-state index contributed by atoms with van der Waals surface area (Å²) in [5.74, 6) is -1.54. The monoisotopic (exact) mass is 513 g/mol.